The maximum absolute atomic E-state index is 12.5. The van der Waals surface area contributed by atoms with Gasteiger partial charge in [0.15, 0.2) is 0 Å². The van der Waals surface area contributed by atoms with Crippen LogP contribution in [-0.2, 0) is 23.6 Å². The summed E-state index contributed by atoms with van der Waals surface area (Å²) in [6, 6.07) is 8.51. The summed E-state index contributed by atoms with van der Waals surface area (Å²) in [5.74, 6) is 4.30. The summed E-state index contributed by atoms with van der Waals surface area (Å²) < 4.78 is 2.27. The quantitative estimate of drug-likeness (QED) is 0.856. The van der Waals surface area contributed by atoms with Gasteiger partial charge >= 0.3 is 0 Å². The zero-order valence-corrected chi connectivity index (χ0v) is 16.7. The number of fused-ring (bicyclic) bond motifs is 1. The summed E-state index contributed by atoms with van der Waals surface area (Å²) in [6.07, 6.45) is 1.97. The van der Waals surface area contributed by atoms with Crippen LogP contribution in [0, 0.1) is 6.92 Å². The van der Waals surface area contributed by atoms with E-state index in [0.29, 0.717) is 11.7 Å². The molecule has 1 amide bonds. The van der Waals surface area contributed by atoms with Crippen LogP contribution in [0.4, 0.5) is 0 Å². The van der Waals surface area contributed by atoms with E-state index in [1.165, 1.54) is 11.1 Å². The van der Waals surface area contributed by atoms with Crippen LogP contribution in [-0.4, -0.2) is 51.0 Å². The maximum Gasteiger partial charge on any atom is 0.232 e. The van der Waals surface area contributed by atoms with Gasteiger partial charge in [0.2, 0.25) is 5.91 Å². The van der Waals surface area contributed by atoms with E-state index in [0.717, 1.165) is 63.0 Å². The largest absolute Gasteiger partial charge is 0.342 e. The van der Waals surface area contributed by atoms with Crippen LogP contribution in [0.5, 0.6) is 0 Å². The number of amides is 1. The number of aromatic nitrogens is 3. The van der Waals surface area contributed by atoms with Gasteiger partial charge in [-0.25, -0.2) is 0 Å². The Kier molecular flexibility index (Phi) is 5.78. The Balaban J connectivity index is 1.25. The molecule has 1 N–H and O–H groups in total. The van der Waals surface area contributed by atoms with Crippen molar-refractivity contribution in [3.63, 3.8) is 0 Å². The number of nitrogens with one attached hydrogen (secondary N) is 1. The van der Waals surface area contributed by atoms with Crippen molar-refractivity contribution in [1.82, 2.24) is 25.0 Å². The third kappa shape index (κ3) is 4.35. The number of hydrogen-bond donors (Lipinski definition) is 1. The molecule has 0 aliphatic carbocycles. The topological polar surface area (TPSA) is 63.1 Å². The minimum atomic E-state index is 0.263. The van der Waals surface area contributed by atoms with Gasteiger partial charge in [-0.05, 0) is 25.3 Å². The van der Waals surface area contributed by atoms with E-state index in [1.54, 1.807) is 11.8 Å². The first-order chi connectivity index (χ1) is 13.2. The number of carbonyl (C=O) groups excluding carboxylic acids is 1. The van der Waals surface area contributed by atoms with Crippen molar-refractivity contribution in [2.45, 2.75) is 44.5 Å². The molecule has 2 aliphatic rings. The van der Waals surface area contributed by atoms with Gasteiger partial charge in [-0.1, -0.05) is 29.8 Å². The second-order valence-corrected chi connectivity index (χ2v) is 8.43. The molecule has 3 heterocycles. The van der Waals surface area contributed by atoms with Gasteiger partial charge in [-0.3, -0.25) is 4.79 Å². The lowest BCUT2D eigenvalue weighted by Gasteiger charge is -2.32. The number of hydrogen-bond acceptors (Lipinski definition) is 5. The van der Waals surface area contributed by atoms with Crippen LogP contribution in [0.1, 0.15) is 41.5 Å². The second-order valence-electron chi connectivity index (χ2n) is 7.44. The molecule has 27 heavy (non-hydrogen) atoms. The van der Waals surface area contributed by atoms with Crippen molar-refractivity contribution in [2.75, 3.05) is 25.4 Å². The second kappa shape index (κ2) is 8.44. The molecule has 2 aliphatic heterocycles. The van der Waals surface area contributed by atoms with E-state index < -0.39 is 0 Å². The van der Waals surface area contributed by atoms with Gasteiger partial charge < -0.3 is 14.8 Å². The number of carbonyl (C=O) groups is 1. The molecule has 1 aromatic heterocycles. The first kappa shape index (κ1) is 18.5. The Morgan fingerprint density at radius 1 is 1.26 bits per heavy atom. The summed E-state index contributed by atoms with van der Waals surface area (Å²) in [6.45, 7) is 6.50. The summed E-state index contributed by atoms with van der Waals surface area (Å²) in [7, 11) is 0. The number of aryl methyl sites for hydroxylation is 1. The summed E-state index contributed by atoms with van der Waals surface area (Å²) in [5.41, 5.74) is 2.56. The van der Waals surface area contributed by atoms with Crippen LogP contribution in [0.15, 0.2) is 24.3 Å². The molecule has 7 heteroatoms. The minimum absolute atomic E-state index is 0.263. The van der Waals surface area contributed by atoms with Crippen molar-refractivity contribution < 1.29 is 4.79 Å². The standard InChI is InChI=1S/C20H27N5OS/c1-15-3-2-4-16(11-15)13-27-14-19(26)24-8-5-17(6-9-24)20-23-22-18-12-21-7-10-25(18)20/h2-4,11,17,21H,5-10,12-14H2,1H3. The third-order valence-corrected chi connectivity index (χ3v) is 6.43. The molecule has 0 bridgehead atoms. The molecule has 0 spiro atoms. The van der Waals surface area contributed by atoms with Crippen LogP contribution < -0.4 is 5.32 Å². The molecule has 1 aromatic carbocycles. The molecule has 0 radical (unpaired) electrons. The monoisotopic (exact) mass is 385 g/mol. The van der Waals surface area contributed by atoms with Gasteiger partial charge in [-0.2, -0.15) is 0 Å². The van der Waals surface area contributed by atoms with Crippen LogP contribution >= 0.6 is 11.8 Å². The number of nitrogens with zero attached hydrogens (tertiary/aromatic N) is 4. The number of benzene rings is 1. The molecule has 0 atom stereocenters. The average Bonchev–Trinajstić information content (AvgIpc) is 3.12. The third-order valence-electron chi connectivity index (χ3n) is 5.44. The highest BCUT2D eigenvalue weighted by Gasteiger charge is 2.28. The summed E-state index contributed by atoms with van der Waals surface area (Å²) >= 11 is 1.71. The van der Waals surface area contributed by atoms with E-state index in [4.69, 9.17) is 0 Å². The van der Waals surface area contributed by atoms with Crippen molar-refractivity contribution in [2.24, 2.45) is 0 Å². The van der Waals surface area contributed by atoms with E-state index in [-0.39, 0.29) is 5.91 Å². The Labute approximate surface area is 164 Å². The van der Waals surface area contributed by atoms with Crippen molar-refractivity contribution in [3.8, 4) is 0 Å². The fraction of sp³-hybridized carbons (Fsp3) is 0.550. The molecule has 0 saturated carbocycles. The summed E-state index contributed by atoms with van der Waals surface area (Å²) in [5, 5.41) is 12.1. The van der Waals surface area contributed by atoms with E-state index in [2.05, 4.69) is 51.3 Å². The number of piperidine rings is 1. The van der Waals surface area contributed by atoms with Crippen LogP contribution in [0.2, 0.25) is 0 Å². The predicted molar refractivity (Wildman–Crippen MR) is 108 cm³/mol. The smallest absolute Gasteiger partial charge is 0.232 e. The van der Waals surface area contributed by atoms with Crippen molar-refractivity contribution in [1.29, 1.82) is 0 Å². The number of thioether (sulfide) groups is 1. The van der Waals surface area contributed by atoms with Crippen LogP contribution in [0.25, 0.3) is 0 Å². The van der Waals surface area contributed by atoms with E-state index >= 15 is 0 Å². The van der Waals surface area contributed by atoms with Crippen molar-refractivity contribution in [3.05, 3.63) is 47.0 Å². The molecule has 0 unspecified atom stereocenters. The zero-order valence-electron chi connectivity index (χ0n) is 15.9. The average molecular weight is 386 g/mol. The SMILES string of the molecule is Cc1cccc(CSCC(=O)N2CCC(c3nnc4n3CCNC4)CC2)c1. The minimum Gasteiger partial charge on any atom is -0.342 e. The van der Waals surface area contributed by atoms with Crippen molar-refractivity contribution >= 4 is 17.7 Å². The van der Waals surface area contributed by atoms with Gasteiger partial charge in [0.1, 0.15) is 11.6 Å². The molecule has 2 aromatic rings. The molecule has 1 saturated heterocycles. The van der Waals surface area contributed by atoms with E-state index in [9.17, 15) is 4.79 Å². The van der Waals surface area contributed by atoms with Gasteiger partial charge in [0.25, 0.3) is 0 Å². The first-order valence-corrected chi connectivity index (χ1v) is 10.9. The normalized spacial score (nSPS) is 17.7. The Bertz CT molecular complexity index is 797. The lowest BCUT2D eigenvalue weighted by Crippen LogP contribution is -2.39. The lowest BCUT2D eigenvalue weighted by molar-refractivity contribution is -0.129. The maximum atomic E-state index is 12.5. The fourth-order valence-electron chi connectivity index (χ4n) is 3.95. The lowest BCUT2D eigenvalue weighted by atomic mass is 9.95. The highest BCUT2D eigenvalue weighted by molar-refractivity contribution is 7.99. The number of rotatable bonds is 5. The highest BCUT2D eigenvalue weighted by atomic mass is 32.2. The first-order valence-electron chi connectivity index (χ1n) is 9.74. The van der Waals surface area contributed by atoms with E-state index in [1.807, 2.05) is 4.90 Å². The predicted octanol–water partition coefficient (Wildman–Crippen LogP) is 2.33. The molecule has 4 rings (SSSR count). The Morgan fingerprint density at radius 2 is 2.11 bits per heavy atom. The Hall–Kier alpha value is -1.86. The highest BCUT2D eigenvalue weighted by Crippen LogP contribution is 2.28. The van der Waals surface area contributed by atoms with Gasteiger partial charge in [0, 0.05) is 37.8 Å². The fourth-order valence-corrected chi connectivity index (χ4v) is 4.83. The molecule has 144 valence electrons. The Morgan fingerprint density at radius 3 is 2.93 bits per heavy atom. The molecular formula is C20H27N5OS. The molecular weight excluding hydrogens is 358 g/mol. The van der Waals surface area contributed by atoms with Gasteiger partial charge in [-0.15, -0.1) is 22.0 Å². The summed E-state index contributed by atoms with van der Waals surface area (Å²) in [4.78, 5) is 14.6. The van der Waals surface area contributed by atoms with Gasteiger partial charge in [0.05, 0.1) is 12.3 Å². The molecule has 6 nitrogen and oxygen atoms in total. The molecule has 1 fully saturated rings. The number of likely N-dealkylation sites (tertiary alicyclic amines) is 1. The zero-order chi connectivity index (χ0) is 18.6. The van der Waals surface area contributed by atoms with Crippen LogP contribution in [0.3, 0.4) is 0 Å².